The number of carbonyl (C=O) groups is 3. The van der Waals surface area contributed by atoms with Crippen LogP contribution in [0, 0.1) is 6.92 Å². The largest absolute Gasteiger partial charge is 0.478 e. The van der Waals surface area contributed by atoms with Crippen molar-refractivity contribution < 1.29 is 24.2 Å². The molecular formula is C28H28N2O5. The highest BCUT2D eigenvalue weighted by atomic mass is 16.5. The number of alkyl carbamates (subject to hydrolysis) is 1. The summed E-state index contributed by atoms with van der Waals surface area (Å²) in [6.45, 7) is 3.83. The van der Waals surface area contributed by atoms with Gasteiger partial charge in [0.2, 0.25) is 5.91 Å². The number of amides is 2. The van der Waals surface area contributed by atoms with Crippen LogP contribution in [0.3, 0.4) is 0 Å². The van der Waals surface area contributed by atoms with Crippen LogP contribution in [0.4, 0.5) is 10.5 Å². The minimum absolute atomic E-state index is 0.0148. The molecule has 7 heteroatoms. The van der Waals surface area contributed by atoms with Crippen molar-refractivity contribution in [2.75, 3.05) is 11.9 Å². The van der Waals surface area contributed by atoms with Crippen LogP contribution in [0.15, 0.2) is 66.7 Å². The molecule has 0 aromatic heterocycles. The van der Waals surface area contributed by atoms with Crippen LogP contribution < -0.4 is 10.6 Å². The molecule has 0 heterocycles. The number of fused-ring (bicyclic) bond motifs is 3. The molecule has 1 aliphatic carbocycles. The van der Waals surface area contributed by atoms with Crippen molar-refractivity contribution in [1.82, 2.24) is 5.32 Å². The van der Waals surface area contributed by atoms with Gasteiger partial charge in [-0.05, 0) is 60.2 Å². The summed E-state index contributed by atoms with van der Waals surface area (Å²) in [5.74, 6) is -1.32. The number of carbonyl (C=O) groups excluding carboxylic acids is 2. The molecular weight excluding hydrogens is 444 g/mol. The number of anilines is 1. The van der Waals surface area contributed by atoms with Crippen molar-refractivity contribution in [3.8, 4) is 11.1 Å². The van der Waals surface area contributed by atoms with Crippen molar-refractivity contribution >= 4 is 23.7 Å². The van der Waals surface area contributed by atoms with Gasteiger partial charge in [0.1, 0.15) is 6.61 Å². The Bertz CT molecular complexity index is 1220. The molecule has 3 N–H and O–H groups in total. The summed E-state index contributed by atoms with van der Waals surface area (Å²) < 4.78 is 5.56. The first-order valence-electron chi connectivity index (χ1n) is 11.6. The van der Waals surface area contributed by atoms with Gasteiger partial charge in [-0.2, -0.15) is 0 Å². The Labute approximate surface area is 204 Å². The third-order valence-electron chi connectivity index (χ3n) is 6.27. The predicted molar refractivity (Wildman–Crippen MR) is 134 cm³/mol. The molecule has 0 radical (unpaired) electrons. The Hall–Kier alpha value is -4.13. The third-order valence-corrected chi connectivity index (χ3v) is 6.27. The number of aromatic carboxylic acids is 1. The van der Waals surface area contributed by atoms with E-state index in [-0.39, 0.29) is 36.5 Å². The van der Waals surface area contributed by atoms with E-state index < -0.39 is 12.1 Å². The van der Waals surface area contributed by atoms with Crippen LogP contribution in [-0.2, 0) is 9.53 Å². The van der Waals surface area contributed by atoms with E-state index >= 15 is 0 Å². The van der Waals surface area contributed by atoms with Gasteiger partial charge in [0.05, 0.1) is 5.56 Å². The molecule has 0 aliphatic heterocycles. The number of hydrogen-bond donors (Lipinski definition) is 3. The topological polar surface area (TPSA) is 105 Å². The SMILES string of the molecule is Cc1ccc(C(=O)O)cc1NC(=O)CCC(C)NC(=O)OCC1c2ccccc2-c2ccccc21. The lowest BCUT2D eigenvalue weighted by molar-refractivity contribution is -0.116. The molecule has 0 spiro atoms. The summed E-state index contributed by atoms with van der Waals surface area (Å²) in [4.78, 5) is 36.0. The van der Waals surface area contributed by atoms with Gasteiger partial charge in [0.25, 0.3) is 0 Å². The number of hydrogen-bond acceptors (Lipinski definition) is 4. The second-order valence-electron chi connectivity index (χ2n) is 8.79. The summed E-state index contributed by atoms with van der Waals surface area (Å²) in [7, 11) is 0. The molecule has 3 aromatic carbocycles. The number of rotatable bonds is 8. The summed E-state index contributed by atoms with van der Waals surface area (Å²) >= 11 is 0. The van der Waals surface area contributed by atoms with Gasteiger partial charge in [-0.3, -0.25) is 4.79 Å². The van der Waals surface area contributed by atoms with Gasteiger partial charge in [-0.15, -0.1) is 0 Å². The molecule has 1 aliphatic rings. The van der Waals surface area contributed by atoms with Gasteiger partial charge in [0, 0.05) is 24.1 Å². The number of carboxylic acids is 1. The maximum Gasteiger partial charge on any atom is 0.407 e. The first-order chi connectivity index (χ1) is 16.8. The fourth-order valence-corrected chi connectivity index (χ4v) is 4.36. The maximum absolute atomic E-state index is 12.4. The Balaban J connectivity index is 1.26. The molecule has 7 nitrogen and oxygen atoms in total. The van der Waals surface area contributed by atoms with Crippen LogP contribution in [-0.4, -0.2) is 35.7 Å². The van der Waals surface area contributed by atoms with Crippen LogP contribution >= 0.6 is 0 Å². The molecule has 2 amide bonds. The van der Waals surface area contributed by atoms with E-state index in [0.717, 1.165) is 16.7 Å². The first kappa shape index (κ1) is 24.0. The Morgan fingerprint density at radius 1 is 0.971 bits per heavy atom. The predicted octanol–water partition coefficient (Wildman–Crippen LogP) is 5.34. The lowest BCUT2D eigenvalue weighted by Gasteiger charge is -2.17. The average molecular weight is 473 g/mol. The lowest BCUT2D eigenvalue weighted by Crippen LogP contribution is -2.34. The van der Waals surface area contributed by atoms with Crippen LogP contribution in [0.1, 0.15) is 52.7 Å². The first-order valence-corrected chi connectivity index (χ1v) is 11.6. The quantitative estimate of drug-likeness (QED) is 0.411. The van der Waals surface area contributed by atoms with Crippen molar-refractivity contribution in [1.29, 1.82) is 0 Å². The number of benzene rings is 3. The minimum atomic E-state index is -1.05. The Morgan fingerprint density at radius 3 is 2.23 bits per heavy atom. The number of nitrogens with one attached hydrogen (secondary N) is 2. The lowest BCUT2D eigenvalue weighted by atomic mass is 9.98. The van der Waals surface area contributed by atoms with Gasteiger partial charge in [-0.25, -0.2) is 9.59 Å². The fourth-order valence-electron chi connectivity index (χ4n) is 4.36. The molecule has 0 saturated heterocycles. The van der Waals surface area contributed by atoms with Gasteiger partial charge < -0.3 is 20.5 Å². The molecule has 3 aromatic rings. The van der Waals surface area contributed by atoms with Gasteiger partial charge in [0.15, 0.2) is 0 Å². The summed E-state index contributed by atoms with van der Waals surface area (Å²) in [6, 6.07) is 20.6. The van der Waals surface area contributed by atoms with Crippen LogP contribution in [0.25, 0.3) is 11.1 Å². The molecule has 180 valence electrons. The molecule has 0 fully saturated rings. The normalized spacial score (nSPS) is 12.9. The van der Waals surface area contributed by atoms with E-state index in [4.69, 9.17) is 9.84 Å². The standard InChI is InChI=1S/C28H28N2O5/c1-17-11-13-19(27(32)33)15-25(17)30-26(31)14-12-18(2)29-28(34)35-16-24-22-9-5-3-7-20(22)21-8-4-6-10-23(21)24/h3-11,13,15,18,24H,12,14,16H2,1-2H3,(H,29,34)(H,30,31)(H,32,33). The highest BCUT2D eigenvalue weighted by molar-refractivity contribution is 5.94. The third kappa shape index (κ3) is 5.51. The summed E-state index contributed by atoms with van der Waals surface area (Å²) in [5, 5.41) is 14.7. The second kappa shape index (κ2) is 10.4. The highest BCUT2D eigenvalue weighted by Crippen LogP contribution is 2.44. The molecule has 0 bridgehead atoms. The van der Waals surface area contributed by atoms with Crippen molar-refractivity contribution in [2.24, 2.45) is 0 Å². The van der Waals surface area contributed by atoms with E-state index in [0.29, 0.717) is 12.1 Å². The average Bonchev–Trinajstić information content (AvgIpc) is 3.16. The molecule has 35 heavy (non-hydrogen) atoms. The Kier molecular flexibility index (Phi) is 7.15. The van der Waals surface area contributed by atoms with E-state index in [9.17, 15) is 14.4 Å². The number of aryl methyl sites for hydroxylation is 1. The molecule has 1 atom stereocenters. The second-order valence-corrected chi connectivity index (χ2v) is 8.79. The molecule has 0 saturated carbocycles. The zero-order valence-electron chi connectivity index (χ0n) is 19.7. The summed E-state index contributed by atoms with van der Waals surface area (Å²) in [5.41, 5.74) is 5.97. The van der Waals surface area contributed by atoms with E-state index in [1.807, 2.05) is 31.2 Å². The highest BCUT2D eigenvalue weighted by Gasteiger charge is 2.29. The maximum atomic E-state index is 12.4. The minimum Gasteiger partial charge on any atom is -0.478 e. The smallest absolute Gasteiger partial charge is 0.407 e. The van der Waals surface area contributed by atoms with E-state index in [2.05, 4.69) is 34.9 Å². The van der Waals surface area contributed by atoms with Gasteiger partial charge >= 0.3 is 12.1 Å². The fraction of sp³-hybridized carbons (Fsp3) is 0.250. The zero-order chi connectivity index (χ0) is 24.9. The Morgan fingerprint density at radius 2 is 1.60 bits per heavy atom. The van der Waals surface area contributed by atoms with E-state index in [1.165, 1.54) is 23.3 Å². The monoisotopic (exact) mass is 472 g/mol. The van der Waals surface area contributed by atoms with Crippen molar-refractivity contribution in [3.63, 3.8) is 0 Å². The van der Waals surface area contributed by atoms with Gasteiger partial charge in [-0.1, -0.05) is 54.6 Å². The number of ether oxygens (including phenoxy) is 1. The van der Waals surface area contributed by atoms with Crippen molar-refractivity contribution in [2.45, 2.75) is 38.6 Å². The zero-order valence-corrected chi connectivity index (χ0v) is 19.7. The number of carboxylic acid groups (broad SMARTS) is 1. The van der Waals surface area contributed by atoms with Crippen LogP contribution in [0.5, 0.6) is 0 Å². The van der Waals surface area contributed by atoms with Crippen LogP contribution in [0.2, 0.25) is 0 Å². The molecule has 4 rings (SSSR count). The molecule has 1 unspecified atom stereocenters. The summed E-state index contributed by atoms with van der Waals surface area (Å²) in [6.07, 6.45) is 0.0553. The van der Waals surface area contributed by atoms with E-state index in [1.54, 1.807) is 13.0 Å². The van der Waals surface area contributed by atoms with Crippen molar-refractivity contribution in [3.05, 3.63) is 89.0 Å².